The second-order valence-corrected chi connectivity index (χ2v) is 15.2. The number of rotatable bonds is 5. The lowest BCUT2D eigenvalue weighted by Gasteiger charge is -2.30. The van der Waals surface area contributed by atoms with Gasteiger partial charge in [-0.05, 0) is 104 Å². The molecule has 0 saturated carbocycles. The van der Waals surface area contributed by atoms with Crippen LogP contribution >= 0.6 is 0 Å². The van der Waals surface area contributed by atoms with Crippen LogP contribution in [-0.4, -0.2) is 4.57 Å². The number of fused-ring (bicyclic) bond motifs is 10. The van der Waals surface area contributed by atoms with Crippen molar-refractivity contribution in [1.82, 2.24) is 4.57 Å². The number of para-hydroxylation sites is 3. The molecule has 2 nitrogen and oxygen atoms in total. The van der Waals surface area contributed by atoms with Gasteiger partial charge in [-0.2, -0.15) is 0 Å². The maximum absolute atomic E-state index is 2.47. The van der Waals surface area contributed by atoms with Gasteiger partial charge in [-0.15, -0.1) is 0 Å². The van der Waals surface area contributed by atoms with Gasteiger partial charge in [-0.3, -0.25) is 0 Å². The largest absolute Gasteiger partial charge is 0.309 e. The van der Waals surface area contributed by atoms with Crippen molar-refractivity contribution in [3.63, 3.8) is 0 Å². The van der Waals surface area contributed by atoms with Gasteiger partial charge in [-0.1, -0.05) is 164 Å². The topological polar surface area (TPSA) is 8.17 Å². The first kappa shape index (κ1) is 32.6. The van der Waals surface area contributed by atoms with Crippen molar-refractivity contribution in [2.45, 2.75) is 0 Å². The third-order valence-corrected chi connectivity index (χ3v) is 12.1. The fraction of sp³-hybridized carbons (Fsp3) is 0. The summed E-state index contributed by atoms with van der Waals surface area (Å²) in [6, 6.07) is 80.0. The third kappa shape index (κ3) is 4.85. The van der Waals surface area contributed by atoms with E-state index in [1.807, 2.05) is 0 Å². The molecular formula is C56H36N2. The number of hydrogen-bond acceptors (Lipinski definition) is 1. The highest BCUT2D eigenvalue weighted by atomic mass is 15.1. The highest BCUT2D eigenvalue weighted by Gasteiger charge is 2.27. The summed E-state index contributed by atoms with van der Waals surface area (Å²) in [4.78, 5) is 2.47. The van der Waals surface area contributed by atoms with Crippen LogP contribution in [-0.2, 0) is 0 Å². The van der Waals surface area contributed by atoms with E-state index in [1.54, 1.807) is 0 Å². The second-order valence-electron chi connectivity index (χ2n) is 15.2. The average Bonchev–Trinajstić information content (AvgIpc) is 3.57. The summed E-state index contributed by atoms with van der Waals surface area (Å²) in [5.41, 5.74) is 17.0. The normalized spacial score (nSPS) is 11.8. The molecule has 0 aliphatic heterocycles. The number of hydrogen-bond donors (Lipinski definition) is 0. The van der Waals surface area contributed by atoms with Crippen LogP contribution in [0.5, 0.6) is 0 Å². The van der Waals surface area contributed by atoms with Crippen molar-refractivity contribution in [1.29, 1.82) is 0 Å². The van der Waals surface area contributed by atoms with Crippen molar-refractivity contribution in [3.05, 3.63) is 218 Å². The molecule has 11 aromatic rings. The average molecular weight is 737 g/mol. The van der Waals surface area contributed by atoms with E-state index >= 15 is 0 Å². The SMILES string of the molecule is c1ccc(N(c2ccc(-c3ccc4c(c3)c3ccccc3n4-c3ccccc3)cc2)c2c3ccccc3c3c4c(cccc24)-c2ccccc2-c2ccccc2-3)cc1. The molecule has 1 aliphatic rings. The van der Waals surface area contributed by atoms with Gasteiger partial charge in [0.05, 0.1) is 16.7 Å². The van der Waals surface area contributed by atoms with Crippen LogP contribution < -0.4 is 4.90 Å². The molecule has 1 heterocycles. The monoisotopic (exact) mass is 736 g/mol. The Balaban J connectivity index is 1.07. The van der Waals surface area contributed by atoms with E-state index in [0.717, 1.165) is 11.4 Å². The van der Waals surface area contributed by atoms with Gasteiger partial charge in [0, 0.05) is 44.0 Å². The predicted octanol–water partition coefficient (Wildman–Crippen LogP) is 15.5. The Labute approximate surface area is 337 Å². The van der Waals surface area contributed by atoms with E-state index in [9.17, 15) is 0 Å². The van der Waals surface area contributed by atoms with Gasteiger partial charge in [0.2, 0.25) is 0 Å². The van der Waals surface area contributed by atoms with Gasteiger partial charge in [-0.25, -0.2) is 0 Å². The number of benzene rings is 10. The summed E-state index contributed by atoms with van der Waals surface area (Å²) < 4.78 is 2.37. The molecule has 0 fully saturated rings. The molecule has 0 saturated heterocycles. The highest BCUT2D eigenvalue weighted by Crippen LogP contribution is 2.54. The third-order valence-electron chi connectivity index (χ3n) is 12.1. The first-order valence-electron chi connectivity index (χ1n) is 20.0. The predicted molar refractivity (Wildman–Crippen MR) is 246 cm³/mol. The van der Waals surface area contributed by atoms with E-state index in [-0.39, 0.29) is 0 Å². The van der Waals surface area contributed by atoms with Crippen LogP contribution in [0.25, 0.3) is 93.5 Å². The lowest BCUT2D eigenvalue weighted by molar-refractivity contribution is 1.18. The molecule has 1 aliphatic carbocycles. The molecule has 0 bridgehead atoms. The van der Waals surface area contributed by atoms with E-state index in [2.05, 4.69) is 228 Å². The van der Waals surface area contributed by atoms with Gasteiger partial charge in [0.25, 0.3) is 0 Å². The van der Waals surface area contributed by atoms with E-state index in [0.29, 0.717) is 0 Å². The highest BCUT2D eigenvalue weighted by molar-refractivity contribution is 6.28. The minimum absolute atomic E-state index is 1.11. The Morgan fingerprint density at radius 2 is 0.828 bits per heavy atom. The van der Waals surface area contributed by atoms with Gasteiger partial charge in [0.15, 0.2) is 0 Å². The molecule has 0 N–H and O–H groups in total. The van der Waals surface area contributed by atoms with Gasteiger partial charge in [0.1, 0.15) is 0 Å². The smallest absolute Gasteiger partial charge is 0.0619 e. The van der Waals surface area contributed by atoms with E-state index in [1.165, 1.54) is 99.2 Å². The molecule has 0 radical (unpaired) electrons. The van der Waals surface area contributed by atoms with Crippen LogP contribution in [0.3, 0.4) is 0 Å². The second kappa shape index (κ2) is 12.9. The summed E-state index contributed by atoms with van der Waals surface area (Å²) in [7, 11) is 0. The molecule has 0 amide bonds. The fourth-order valence-electron chi connectivity index (χ4n) is 9.64. The Kier molecular flexibility index (Phi) is 7.26. The van der Waals surface area contributed by atoms with Crippen LogP contribution in [0.4, 0.5) is 17.1 Å². The van der Waals surface area contributed by atoms with Crippen molar-refractivity contribution >= 4 is 60.4 Å². The minimum Gasteiger partial charge on any atom is -0.309 e. The van der Waals surface area contributed by atoms with Crippen LogP contribution in [0.15, 0.2) is 218 Å². The van der Waals surface area contributed by atoms with Crippen LogP contribution in [0.2, 0.25) is 0 Å². The van der Waals surface area contributed by atoms with Gasteiger partial charge >= 0.3 is 0 Å². The Bertz CT molecular complexity index is 3380. The summed E-state index contributed by atoms with van der Waals surface area (Å²) in [6.07, 6.45) is 0. The molecular weight excluding hydrogens is 701 g/mol. The number of anilines is 3. The van der Waals surface area contributed by atoms with E-state index in [4.69, 9.17) is 0 Å². The molecule has 0 atom stereocenters. The van der Waals surface area contributed by atoms with Crippen LogP contribution in [0, 0.1) is 0 Å². The molecule has 12 rings (SSSR count). The number of nitrogens with zero attached hydrogens (tertiary/aromatic N) is 2. The standard InChI is InChI=1S/C56H36N2/c1-3-16-39(17-4-1)57(41-33-30-37(31-34-41)38-32-35-53-51(36-38)45-23-13-14-29-52(45)58(53)40-18-5-2-6-19-40)56-49-26-12-11-25-48(49)54-46-24-10-9-22-43(46)42-20-7-8-21-44(42)47-27-15-28-50(56)55(47)54/h1-36H. The molecule has 58 heavy (non-hydrogen) atoms. The maximum atomic E-state index is 2.47. The molecule has 0 spiro atoms. The summed E-state index contributed by atoms with van der Waals surface area (Å²) >= 11 is 0. The first-order valence-corrected chi connectivity index (χ1v) is 20.0. The molecule has 2 heteroatoms. The van der Waals surface area contributed by atoms with Gasteiger partial charge < -0.3 is 9.47 Å². The quantitative estimate of drug-likeness (QED) is 0.160. The van der Waals surface area contributed by atoms with Crippen molar-refractivity contribution < 1.29 is 0 Å². The summed E-state index contributed by atoms with van der Waals surface area (Å²) in [5, 5.41) is 7.49. The Morgan fingerprint density at radius 3 is 1.59 bits per heavy atom. The first-order chi connectivity index (χ1) is 28.8. The van der Waals surface area contributed by atoms with Crippen molar-refractivity contribution in [2.24, 2.45) is 0 Å². The van der Waals surface area contributed by atoms with Crippen molar-refractivity contribution in [3.8, 4) is 50.2 Å². The lowest BCUT2D eigenvalue weighted by Crippen LogP contribution is -2.11. The molecule has 10 aromatic carbocycles. The molecule has 1 aromatic heterocycles. The summed E-state index contributed by atoms with van der Waals surface area (Å²) in [5.74, 6) is 0. The Morgan fingerprint density at radius 1 is 0.310 bits per heavy atom. The number of aromatic nitrogens is 1. The van der Waals surface area contributed by atoms with Crippen LogP contribution in [0.1, 0.15) is 0 Å². The fourth-order valence-corrected chi connectivity index (χ4v) is 9.64. The van der Waals surface area contributed by atoms with Crippen molar-refractivity contribution in [2.75, 3.05) is 4.90 Å². The lowest BCUT2D eigenvalue weighted by atomic mass is 9.87. The van der Waals surface area contributed by atoms with E-state index < -0.39 is 0 Å². The zero-order chi connectivity index (χ0) is 38.2. The maximum Gasteiger partial charge on any atom is 0.0619 e. The molecule has 0 unspecified atom stereocenters. The zero-order valence-corrected chi connectivity index (χ0v) is 31.7. The zero-order valence-electron chi connectivity index (χ0n) is 31.7. The molecule has 270 valence electrons. The minimum atomic E-state index is 1.11. The Hall–Kier alpha value is -7.68. The summed E-state index contributed by atoms with van der Waals surface area (Å²) in [6.45, 7) is 0.